The number of aliphatic hydroxyl groups excluding tert-OH is 1. The molecule has 116 valence electrons. The van der Waals surface area contributed by atoms with E-state index in [0.29, 0.717) is 12.7 Å². The Morgan fingerprint density at radius 3 is 2.65 bits per heavy atom. The zero-order chi connectivity index (χ0) is 14.0. The highest BCUT2D eigenvalue weighted by Crippen LogP contribution is 2.60. The average molecular weight is 300 g/mol. The Labute approximate surface area is 124 Å². The predicted molar refractivity (Wildman–Crippen MR) is 80.0 cm³/mol. The molecule has 2 aliphatic carbocycles. The first-order valence-corrected chi connectivity index (χ1v) is 9.27. The third-order valence-electron chi connectivity index (χ3n) is 5.51. The van der Waals surface area contributed by atoms with E-state index in [1.54, 1.807) is 0 Å². The van der Waals surface area contributed by atoms with E-state index in [1.165, 1.54) is 29.5 Å². The minimum absolute atomic E-state index is 0.219. The van der Waals surface area contributed by atoms with Crippen molar-refractivity contribution in [3.8, 4) is 0 Å². The second kappa shape index (κ2) is 6.44. The van der Waals surface area contributed by atoms with E-state index in [-0.39, 0.29) is 12.0 Å². The fourth-order valence-electron chi connectivity index (χ4n) is 4.20. The lowest BCUT2D eigenvalue weighted by atomic mass is 9.74. The van der Waals surface area contributed by atoms with Gasteiger partial charge in [-0.05, 0) is 37.5 Å². The molecule has 0 spiro atoms. The highest BCUT2D eigenvalue weighted by Gasteiger charge is 2.53. The quantitative estimate of drug-likeness (QED) is 0.380. The molecule has 5 unspecified atom stereocenters. The Kier molecular flexibility index (Phi) is 4.82. The average Bonchev–Trinajstić information content (AvgIpc) is 3.09. The number of rotatable bonds is 9. The summed E-state index contributed by atoms with van der Waals surface area (Å²) < 4.78 is 17.0. The van der Waals surface area contributed by atoms with Gasteiger partial charge in [0.2, 0.25) is 0 Å². The van der Waals surface area contributed by atoms with Gasteiger partial charge in [-0.2, -0.15) is 0 Å². The molecule has 3 rings (SSSR count). The Hall–Kier alpha value is 0.0569. The van der Waals surface area contributed by atoms with E-state index >= 15 is 0 Å². The lowest BCUT2D eigenvalue weighted by molar-refractivity contribution is -0.0563. The molecule has 1 N–H and O–H groups in total. The summed E-state index contributed by atoms with van der Waals surface area (Å²) in [4.78, 5) is 0. The van der Waals surface area contributed by atoms with Crippen molar-refractivity contribution in [3.63, 3.8) is 0 Å². The minimum Gasteiger partial charge on any atom is -0.396 e. The largest absolute Gasteiger partial charge is 0.396 e. The molecule has 2 bridgehead atoms. The van der Waals surface area contributed by atoms with E-state index < -0.39 is 0 Å². The normalized spacial score (nSPS) is 42.5. The second-order valence-corrected chi connectivity index (χ2v) is 8.56. The minimum atomic E-state index is 0.219. The van der Waals surface area contributed by atoms with Crippen molar-refractivity contribution < 1.29 is 19.3 Å². The van der Waals surface area contributed by atoms with Crippen molar-refractivity contribution in [2.75, 3.05) is 39.6 Å². The van der Waals surface area contributed by atoms with Crippen molar-refractivity contribution in [1.29, 1.82) is 0 Å². The molecular formula is C15H28O4Si. The van der Waals surface area contributed by atoms with E-state index in [1.807, 2.05) is 0 Å². The summed E-state index contributed by atoms with van der Waals surface area (Å²) in [6, 6.07) is 0. The van der Waals surface area contributed by atoms with Gasteiger partial charge in [0.05, 0.1) is 26.4 Å². The highest BCUT2D eigenvalue weighted by atomic mass is 28.1. The van der Waals surface area contributed by atoms with Gasteiger partial charge in [-0.25, -0.2) is 0 Å². The van der Waals surface area contributed by atoms with Gasteiger partial charge >= 0.3 is 0 Å². The molecule has 4 nitrogen and oxygen atoms in total. The van der Waals surface area contributed by atoms with Crippen molar-refractivity contribution in [2.45, 2.75) is 37.3 Å². The summed E-state index contributed by atoms with van der Waals surface area (Å²) in [5.74, 6) is 1.72. The van der Waals surface area contributed by atoms with E-state index in [4.69, 9.17) is 19.3 Å². The number of hydrogen-bond acceptors (Lipinski definition) is 4. The highest BCUT2D eigenvalue weighted by molar-refractivity contribution is 6.12. The molecule has 5 heteroatoms. The number of hydrogen-bond donors (Lipinski definition) is 1. The third kappa shape index (κ3) is 3.27. The molecule has 3 aliphatic rings. The third-order valence-corrected chi connectivity index (χ3v) is 6.93. The first-order valence-electron chi connectivity index (χ1n) is 8.11. The van der Waals surface area contributed by atoms with E-state index in [0.717, 1.165) is 50.2 Å². The van der Waals surface area contributed by atoms with Gasteiger partial charge in [0.1, 0.15) is 6.10 Å². The summed E-state index contributed by atoms with van der Waals surface area (Å²) in [5.41, 5.74) is 1.26. The number of ether oxygens (including phenoxy) is 3. The molecule has 0 amide bonds. The standard InChI is InChI=1S/C15H28O4Si/c16-2-1-3-17-9-15(10-18-7-13-8-19-13)6-11-4-12(15)5-14(11)20/h11-14,16H,1-10H2,20H3. The van der Waals surface area contributed by atoms with Crippen molar-refractivity contribution in [3.05, 3.63) is 0 Å². The topological polar surface area (TPSA) is 51.2 Å². The molecule has 2 saturated carbocycles. The monoisotopic (exact) mass is 300 g/mol. The first-order chi connectivity index (χ1) is 9.73. The molecule has 0 aromatic carbocycles. The lowest BCUT2D eigenvalue weighted by Gasteiger charge is -2.39. The van der Waals surface area contributed by atoms with Crippen LogP contribution in [0.1, 0.15) is 25.7 Å². The van der Waals surface area contributed by atoms with Gasteiger partial charge in [0, 0.05) is 28.9 Å². The van der Waals surface area contributed by atoms with Crippen LogP contribution < -0.4 is 0 Å². The van der Waals surface area contributed by atoms with Crippen LogP contribution in [-0.4, -0.2) is 61.1 Å². The summed E-state index contributed by atoms with van der Waals surface area (Å²) in [6.07, 6.45) is 5.16. The molecule has 0 aromatic rings. The van der Waals surface area contributed by atoms with Gasteiger partial charge < -0.3 is 19.3 Å². The molecule has 0 aromatic heterocycles. The zero-order valence-corrected chi connectivity index (χ0v) is 14.6. The van der Waals surface area contributed by atoms with Crippen molar-refractivity contribution in [1.82, 2.24) is 0 Å². The molecule has 0 radical (unpaired) electrons. The van der Waals surface area contributed by atoms with Gasteiger partial charge in [-0.1, -0.05) is 5.54 Å². The zero-order valence-electron chi connectivity index (χ0n) is 12.6. The van der Waals surface area contributed by atoms with E-state index in [2.05, 4.69) is 0 Å². The summed E-state index contributed by atoms with van der Waals surface area (Å²) in [5, 5.41) is 8.86. The van der Waals surface area contributed by atoms with Gasteiger partial charge in [-0.15, -0.1) is 0 Å². The maximum absolute atomic E-state index is 8.86. The van der Waals surface area contributed by atoms with Crippen molar-refractivity contribution in [2.24, 2.45) is 17.3 Å². The van der Waals surface area contributed by atoms with Gasteiger partial charge in [0.15, 0.2) is 0 Å². The van der Waals surface area contributed by atoms with Gasteiger partial charge in [-0.3, -0.25) is 0 Å². The molecule has 5 atom stereocenters. The number of fused-ring (bicyclic) bond motifs is 2. The second-order valence-electron chi connectivity index (χ2n) is 7.07. The molecular weight excluding hydrogens is 272 g/mol. The number of epoxide rings is 1. The Morgan fingerprint density at radius 1 is 1.25 bits per heavy atom. The number of aliphatic hydroxyl groups is 1. The lowest BCUT2D eigenvalue weighted by Crippen LogP contribution is -2.39. The Morgan fingerprint density at radius 2 is 2.05 bits per heavy atom. The van der Waals surface area contributed by atoms with Crippen molar-refractivity contribution >= 4 is 10.2 Å². The van der Waals surface area contributed by atoms with Crippen LogP contribution in [0.4, 0.5) is 0 Å². The molecule has 1 heterocycles. The van der Waals surface area contributed by atoms with Crippen LogP contribution in [0.15, 0.2) is 0 Å². The van der Waals surface area contributed by atoms with Crippen LogP contribution in [-0.2, 0) is 14.2 Å². The smallest absolute Gasteiger partial charge is 0.104 e. The van der Waals surface area contributed by atoms with Crippen LogP contribution in [0.2, 0.25) is 5.54 Å². The summed E-state index contributed by atoms with van der Waals surface area (Å²) >= 11 is 0. The predicted octanol–water partition coefficient (Wildman–Crippen LogP) is 0.371. The van der Waals surface area contributed by atoms with Gasteiger partial charge in [0.25, 0.3) is 0 Å². The molecule has 3 fully saturated rings. The van der Waals surface area contributed by atoms with E-state index in [9.17, 15) is 0 Å². The van der Waals surface area contributed by atoms with Crippen LogP contribution in [0.3, 0.4) is 0 Å². The Bertz CT molecular complexity index is 321. The fourth-order valence-corrected chi connectivity index (χ4v) is 5.28. The fraction of sp³-hybridized carbons (Fsp3) is 1.00. The van der Waals surface area contributed by atoms with Crippen LogP contribution in [0, 0.1) is 17.3 Å². The Balaban J connectivity index is 1.52. The molecule has 20 heavy (non-hydrogen) atoms. The first kappa shape index (κ1) is 15.0. The summed E-state index contributed by atoms with van der Waals surface area (Å²) in [6.45, 7) is 4.16. The summed E-state index contributed by atoms with van der Waals surface area (Å²) in [7, 11) is 1.34. The molecule has 1 saturated heterocycles. The van der Waals surface area contributed by atoms with Crippen LogP contribution >= 0.6 is 0 Å². The maximum atomic E-state index is 8.86. The van der Waals surface area contributed by atoms with Crippen LogP contribution in [0.25, 0.3) is 0 Å². The SMILES string of the molecule is OCCCOCC1(COCC2CO2)CC2CC1CC2[SiH3]. The van der Waals surface area contributed by atoms with Crippen LogP contribution in [0.5, 0.6) is 0 Å². The molecule has 1 aliphatic heterocycles. The maximum Gasteiger partial charge on any atom is 0.104 e.